The van der Waals surface area contributed by atoms with E-state index in [2.05, 4.69) is 96.3 Å². The zero-order valence-corrected chi connectivity index (χ0v) is 26.8. The SMILES string of the molecule is COC1=CC=C2C(=C[NH+]3CCc4cc5c(cc4C3=C2Cc2ccc(C(C)(C)C)cc2)OCO5)C1OC(C)(C)C.[I-]. The minimum Gasteiger partial charge on any atom is -1.00 e. The van der Waals surface area contributed by atoms with Crippen molar-refractivity contribution in [1.82, 2.24) is 0 Å². The zero-order chi connectivity index (χ0) is 27.5. The monoisotopic (exact) mass is 653 g/mol. The van der Waals surface area contributed by atoms with Crippen molar-refractivity contribution in [2.45, 2.75) is 71.5 Å². The van der Waals surface area contributed by atoms with Crippen LogP contribution in [-0.4, -0.2) is 32.2 Å². The Balaban J connectivity index is 0.00000323. The van der Waals surface area contributed by atoms with Gasteiger partial charge in [-0.25, -0.2) is 0 Å². The van der Waals surface area contributed by atoms with E-state index >= 15 is 0 Å². The van der Waals surface area contributed by atoms with Gasteiger partial charge in [-0.05, 0) is 66.7 Å². The topological polar surface area (TPSA) is 41.4 Å². The fourth-order valence-corrected chi connectivity index (χ4v) is 6.05. The Bertz CT molecular complexity index is 1430. The molecule has 0 aromatic heterocycles. The quantitative estimate of drug-likeness (QED) is 0.516. The van der Waals surface area contributed by atoms with Crippen molar-refractivity contribution in [1.29, 1.82) is 0 Å². The lowest BCUT2D eigenvalue weighted by atomic mass is 9.79. The molecule has 212 valence electrons. The minimum absolute atomic E-state index is 0. The van der Waals surface area contributed by atoms with Gasteiger partial charge in [0.25, 0.3) is 0 Å². The summed E-state index contributed by atoms with van der Waals surface area (Å²) in [5, 5.41) is 0. The average molecular weight is 654 g/mol. The van der Waals surface area contributed by atoms with E-state index in [1.54, 1.807) is 7.11 Å². The van der Waals surface area contributed by atoms with Crippen molar-refractivity contribution in [3.63, 3.8) is 0 Å². The Hall–Kier alpha value is -2.55. The molecule has 0 saturated heterocycles. The van der Waals surface area contributed by atoms with Crippen molar-refractivity contribution >= 4 is 5.70 Å². The van der Waals surface area contributed by atoms with Gasteiger partial charge in [-0.2, -0.15) is 0 Å². The molecular weight excluding hydrogens is 613 g/mol. The second-order valence-corrected chi connectivity index (χ2v) is 12.9. The summed E-state index contributed by atoms with van der Waals surface area (Å²) in [5.41, 5.74) is 10.1. The molecule has 3 heterocycles. The summed E-state index contributed by atoms with van der Waals surface area (Å²) < 4.78 is 24.0. The average Bonchev–Trinajstić information content (AvgIpc) is 3.34. The number of hydrogen-bond acceptors (Lipinski definition) is 4. The van der Waals surface area contributed by atoms with E-state index < -0.39 is 0 Å². The number of hydrogen-bond donors (Lipinski definition) is 1. The lowest BCUT2D eigenvalue weighted by molar-refractivity contribution is -0.771. The Labute approximate surface area is 255 Å². The summed E-state index contributed by atoms with van der Waals surface area (Å²) in [4.78, 5) is 1.36. The first-order valence-electron chi connectivity index (χ1n) is 14.0. The van der Waals surface area contributed by atoms with Crippen molar-refractivity contribution in [3.8, 4) is 11.5 Å². The van der Waals surface area contributed by atoms with Crippen LogP contribution in [0.2, 0.25) is 0 Å². The highest BCUT2D eigenvalue weighted by Crippen LogP contribution is 2.43. The minimum atomic E-state index is -0.319. The molecule has 1 aliphatic carbocycles. The number of allylic oxidation sites excluding steroid dienone is 3. The van der Waals surface area contributed by atoms with Gasteiger partial charge in [0.05, 0.1) is 19.3 Å². The van der Waals surface area contributed by atoms with Crippen LogP contribution in [0.1, 0.15) is 63.8 Å². The summed E-state index contributed by atoms with van der Waals surface area (Å²) in [6.45, 7) is 14.4. The molecule has 2 aromatic rings. The number of rotatable bonds is 4. The Kier molecular flexibility index (Phi) is 7.74. The predicted molar refractivity (Wildman–Crippen MR) is 154 cm³/mol. The van der Waals surface area contributed by atoms with Crippen LogP contribution in [0.15, 0.2) is 77.2 Å². The molecule has 6 heteroatoms. The van der Waals surface area contributed by atoms with Crippen molar-refractivity contribution in [2.24, 2.45) is 0 Å². The number of methoxy groups -OCH3 is 1. The fourth-order valence-electron chi connectivity index (χ4n) is 6.05. The molecule has 3 aliphatic heterocycles. The second kappa shape index (κ2) is 10.7. The predicted octanol–water partition coefficient (Wildman–Crippen LogP) is 2.66. The van der Waals surface area contributed by atoms with Gasteiger partial charge >= 0.3 is 0 Å². The molecule has 40 heavy (non-hydrogen) atoms. The number of nitrogens with one attached hydrogen (secondary N) is 1. The van der Waals surface area contributed by atoms with E-state index in [0.29, 0.717) is 0 Å². The van der Waals surface area contributed by atoms with Gasteiger partial charge in [-0.15, -0.1) is 0 Å². The molecule has 0 saturated carbocycles. The van der Waals surface area contributed by atoms with Crippen LogP contribution in [0, 0.1) is 0 Å². The Morgan fingerprint density at radius 3 is 2.30 bits per heavy atom. The first-order chi connectivity index (χ1) is 18.5. The van der Waals surface area contributed by atoms with Gasteiger partial charge < -0.3 is 42.9 Å². The van der Waals surface area contributed by atoms with Crippen LogP contribution in [0.4, 0.5) is 0 Å². The van der Waals surface area contributed by atoms with Crippen LogP contribution < -0.4 is 38.4 Å². The molecule has 1 N–H and O–H groups in total. The summed E-state index contributed by atoms with van der Waals surface area (Å²) in [6, 6.07) is 13.5. The number of ether oxygens (including phenoxy) is 4. The van der Waals surface area contributed by atoms with Crippen LogP contribution in [0.5, 0.6) is 11.5 Å². The third-order valence-corrected chi connectivity index (χ3v) is 7.98. The lowest BCUT2D eigenvalue weighted by Gasteiger charge is -2.38. The summed E-state index contributed by atoms with van der Waals surface area (Å²) in [7, 11) is 1.73. The van der Waals surface area contributed by atoms with E-state index in [0.717, 1.165) is 36.6 Å². The third kappa shape index (κ3) is 5.38. The maximum absolute atomic E-state index is 6.64. The number of quaternary nitrogens is 1. The molecule has 0 amide bonds. The van der Waals surface area contributed by atoms with E-state index in [4.69, 9.17) is 18.9 Å². The van der Waals surface area contributed by atoms with Crippen molar-refractivity contribution < 1.29 is 47.8 Å². The van der Waals surface area contributed by atoms with Crippen LogP contribution in [0.25, 0.3) is 5.70 Å². The first kappa shape index (κ1) is 29.0. The highest BCUT2D eigenvalue weighted by Gasteiger charge is 2.41. The van der Waals surface area contributed by atoms with Crippen molar-refractivity contribution in [3.05, 3.63) is 99.5 Å². The van der Waals surface area contributed by atoms with Crippen molar-refractivity contribution in [2.75, 3.05) is 20.4 Å². The number of fused-ring (bicyclic) bond motifs is 5. The van der Waals surface area contributed by atoms with Crippen LogP contribution >= 0.6 is 0 Å². The van der Waals surface area contributed by atoms with Crippen LogP contribution in [0.3, 0.4) is 0 Å². The van der Waals surface area contributed by atoms with E-state index in [9.17, 15) is 0 Å². The fraction of sp³-hybridized carbons (Fsp3) is 0.412. The summed E-state index contributed by atoms with van der Waals surface area (Å²) in [5.74, 6) is 2.53. The molecule has 5 nitrogen and oxygen atoms in total. The standard InChI is InChI=1S/C34H39NO4.HI/c1-33(2,3)23-10-8-21(9-11-23)16-26-24-12-13-28(36-7)32(39-34(4,5)6)27(24)19-35-15-14-22-17-29-30(38-20-37-29)18-25(22)31(26)35;/h8-13,17-19,32H,14-16,20H2,1-7H3;1H. The Morgan fingerprint density at radius 2 is 1.65 bits per heavy atom. The highest BCUT2D eigenvalue weighted by atomic mass is 127. The first-order valence-corrected chi connectivity index (χ1v) is 14.0. The normalized spacial score (nSPS) is 21.3. The van der Waals surface area contributed by atoms with Crippen LogP contribution in [-0.2, 0) is 27.7 Å². The van der Waals surface area contributed by atoms with Gasteiger partial charge in [0.2, 0.25) is 6.79 Å². The Morgan fingerprint density at radius 1 is 0.950 bits per heavy atom. The molecule has 0 radical (unpaired) electrons. The van der Waals surface area contributed by atoms with E-state index in [1.165, 1.54) is 49.6 Å². The van der Waals surface area contributed by atoms with Gasteiger partial charge in [-0.1, -0.05) is 51.1 Å². The maximum Gasteiger partial charge on any atom is 0.231 e. The molecule has 2 aromatic carbocycles. The molecule has 4 aliphatic rings. The van der Waals surface area contributed by atoms with Gasteiger partial charge in [0.15, 0.2) is 11.5 Å². The molecule has 2 atom stereocenters. The lowest BCUT2D eigenvalue weighted by Crippen LogP contribution is -3.06. The van der Waals surface area contributed by atoms with Gasteiger partial charge in [-0.3, -0.25) is 4.90 Å². The third-order valence-electron chi connectivity index (χ3n) is 7.98. The molecule has 0 bridgehead atoms. The van der Waals surface area contributed by atoms with E-state index in [-0.39, 0.29) is 47.9 Å². The summed E-state index contributed by atoms with van der Waals surface area (Å²) >= 11 is 0. The van der Waals surface area contributed by atoms with E-state index in [1.807, 2.05) is 0 Å². The smallest absolute Gasteiger partial charge is 0.231 e. The number of benzene rings is 2. The molecular formula is C34H40INO4. The second-order valence-electron chi connectivity index (χ2n) is 12.9. The highest BCUT2D eigenvalue weighted by molar-refractivity contribution is 5.77. The largest absolute Gasteiger partial charge is 1.00 e. The van der Waals surface area contributed by atoms with Gasteiger partial charge in [0.1, 0.15) is 23.8 Å². The molecule has 0 spiro atoms. The zero-order valence-electron chi connectivity index (χ0n) is 24.6. The number of halogens is 1. The molecule has 2 unspecified atom stereocenters. The molecule has 6 rings (SSSR count). The maximum atomic E-state index is 6.64. The van der Waals surface area contributed by atoms with Gasteiger partial charge in [0, 0.05) is 29.6 Å². The molecule has 0 fully saturated rings. The summed E-state index contributed by atoms with van der Waals surface area (Å²) in [6.07, 6.45) is 8.22.